The summed E-state index contributed by atoms with van der Waals surface area (Å²) in [5.41, 5.74) is 0.610. The zero-order valence-electron chi connectivity index (χ0n) is 10.4. The van der Waals surface area contributed by atoms with Gasteiger partial charge in [0.1, 0.15) is 5.56 Å². The zero-order valence-corrected chi connectivity index (χ0v) is 11.2. The van der Waals surface area contributed by atoms with Crippen LogP contribution < -0.4 is 4.90 Å². The summed E-state index contributed by atoms with van der Waals surface area (Å²) < 4.78 is 4.70. The fourth-order valence-electron chi connectivity index (χ4n) is 2.18. The van der Waals surface area contributed by atoms with E-state index in [9.17, 15) is 9.59 Å². The topological polar surface area (TPSA) is 66.8 Å². The van der Waals surface area contributed by atoms with Gasteiger partial charge in [0.25, 0.3) is 0 Å². The Bertz CT molecular complexity index is 517. The van der Waals surface area contributed by atoms with E-state index in [4.69, 9.17) is 21.4 Å². The summed E-state index contributed by atoms with van der Waals surface area (Å²) in [5, 5.41) is 9.37. The van der Waals surface area contributed by atoms with Crippen LogP contribution in [0, 0.1) is 5.92 Å². The van der Waals surface area contributed by atoms with Crippen LogP contribution in [0.15, 0.2) is 18.2 Å². The maximum absolute atomic E-state index is 11.9. The second-order valence-electron chi connectivity index (χ2n) is 4.38. The Balaban J connectivity index is 2.43. The molecule has 102 valence electrons. The number of amides is 1. The average Bonchev–Trinajstić information content (AvgIpc) is 2.79. The molecule has 1 saturated heterocycles. The Morgan fingerprint density at radius 3 is 2.89 bits per heavy atom. The second-order valence-corrected chi connectivity index (χ2v) is 4.79. The van der Waals surface area contributed by atoms with Gasteiger partial charge in [0.15, 0.2) is 0 Å². The van der Waals surface area contributed by atoms with E-state index in [1.54, 1.807) is 18.2 Å². The first kappa shape index (κ1) is 13.8. The number of esters is 1. The van der Waals surface area contributed by atoms with Crippen molar-refractivity contribution in [2.45, 2.75) is 6.42 Å². The van der Waals surface area contributed by atoms with Crippen molar-refractivity contribution in [3.05, 3.63) is 28.8 Å². The normalized spacial score (nSPS) is 18.8. The van der Waals surface area contributed by atoms with E-state index in [2.05, 4.69) is 0 Å². The van der Waals surface area contributed by atoms with Crippen molar-refractivity contribution >= 4 is 29.2 Å². The fraction of sp³-hybridized carbons (Fsp3) is 0.385. The van der Waals surface area contributed by atoms with Gasteiger partial charge in [0.2, 0.25) is 5.91 Å². The number of anilines is 1. The number of rotatable bonds is 3. The number of methoxy groups -OCH3 is 1. The summed E-state index contributed by atoms with van der Waals surface area (Å²) in [5.74, 6) is -0.829. The molecule has 0 saturated carbocycles. The number of nitrogens with zero attached hydrogens (tertiary/aromatic N) is 1. The van der Waals surface area contributed by atoms with E-state index in [1.807, 2.05) is 0 Å². The van der Waals surface area contributed by atoms with E-state index < -0.39 is 5.97 Å². The number of halogens is 1. The molecule has 1 heterocycles. The van der Waals surface area contributed by atoms with Gasteiger partial charge in [-0.25, -0.2) is 4.79 Å². The molecular formula is C13H14ClNO4. The van der Waals surface area contributed by atoms with Crippen LogP contribution in [0.25, 0.3) is 0 Å². The molecule has 1 unspecified atom stereocenters. The Labute approximate surface area is 115 Å². The smallest absolute Gasteiger partial charge is 0.341 e. The lowest BCUT2D eigenvalue weighted by Crippen LogP contribution is -2.27. The van der Waals surface area contributed by atoms with E-state index in [1.165, 1.54) is 12.0 Å². The summed E-state index contributed by atoms with van der Waals surface area (Å²) in [6, 6.07) is 4.89. The average molecular weight is 284 g/mol. The molecule has 0 aromatic heterocycles. The number of carbonyl (C=O) groups is 2. The number of hydrogen-bond acceptors (Lipinski definition) is 4. The lowest BCUT2D eigenvalue weighted by molar-refractivity contribution is -0.117. The van der Waals surface area contributed by atoms with Crippen LogP contribution in [0.5, 0.6) is 0 Å². The predicted octanol–water partition coefficient (Wildman–Crippen LogP) is 1.47. The van der Waals surface area contributed by atoms with Gasteiger partial charge in [-0.15, -0.1) is 0 Å². The molecule has 0 bridgehead atoms. The molecule has 1 atom stereocenters. The molecule has 19 heavy (non-hydrogen) atoms. The van der Waals surface area contributed by atoms with Gasteiger partial charge in [-0.05, 0) is 12.1 Å². The standard InChI is InChI=1S/C13H14ClNO4/c1-19-13(18)12-9(14)3-2-4-10(12)15-6-8(7-16)5-11(15)17/h2-4,8,16H,5-7H2,1H3. The van der Waals surface area contributed by atoms with Crippen LogP contribution in [0.2, 0.25) is 5.02 Å². The molecule has 0 radical (unpaired) electrons. The summed E-state index contributed by atoms with van der Waals surface area (Å²) in [6.07, 6.45) is 0.267. The zero-order chi connectivity index (χ0) is 14.0. The number of benzene rings is 1. The first-order valence-electron chi connectivity index (χ1n) is 5.86. The second kappa shape index (κ2) is 5.59. The van der Waals surface area contributed by atoms with Crippen molar-refractivity contribution in [1.82, 2.24) is 0 Å². The van der Waals surface area contributed by atoms with E-state index in [-0.39, 0.29) is 35.4 Å². The van der Waals surface area contributed by atoms with Crippen LogP contribution in [0.3, 0.4) is 0 Å². The first-order valence-corrected chi connectivity index (χ1v) is 6.24. The Kier molecular flexibility index (Phi) is 4.07. The van der Waals surface area contributed by atoms with Crippen molar-refractivity contribution in [3.63, 3.8) is 0 Å². The minimum absolute atomic E-state index is 0.0592. The van der Waals surface area contributed by atoms with Crippen LogP contribution in [0.4, 0.5) is 5.69 Å². The van der Waals surface area contributed by atoms with Crippen LogP contribution >= 0.6 is 11.6 Å². The van der Waals surface area contributed by atoms with Gasteiger partial charge in [-0.3, -0.25) is 4.79 Å². The predicted molar refractivity (Wildman–Crippen MR) is 70.3 cm³/mol. The SMILES string of the molecule is COC(=O)c1c(Cl)cccc1N1CC(CO)CC1=O. The molecule has 2 rings (SSSR count). The van der Waals surface area contributed by atoms with Gasteiger partial charge >= 0.3 is 5.97 Å². The number of hydrogen-bond donors (Lipinski definition) is 1. The summed E-state index contributed by atoms with van der Waals surface area (Å²) in [6.45, 7) is 0.316. The number of ether oxygens (including phenoxy) is 1. The molecule has 1 aromatic rings. The summed E-state index contributed by atoms with van der Waals surface area (Å²) in [7, 11) is 1.26. The number of aliphatic hydroxyl groups is 1. The minimum atomic E-state index is -0.583. The van der Waals surface area contributed by atoms with Crippen molar-refractivity contribution in [1.29, 1.82) is 0 Å². The largest absolute Gasteiger partial charge is 0.465 e. The lowest BCUT2D eigenvalue weighted by atomic mass is 10.1. The molecule has 5 nitrogen and oxygen atoms in total. The summed E-state index contributed by atoms with van der Waals surface area (Å²) >= 11 is 6.01. The third kappa shape index (κ3) is 2.57. The fourth-order valence-corrected chi connectivity index (χ4v) is 2.43. The van der Waals surface area contributed by atoms with Crippen LogP contribution in [-0.4, -0.2) is 37.2 Å². The van der Waals surface area contributed by atoms with Gasteiger partial charge in [0, 0.05) is 25.5 Å². The molecule has 1 N–H and O–H groups in total. The molecule has 1 fully saturated rings. The highest BCUT2D eigenvalue weighted by atomic mass is 35.5. The molecule has 0 aliphatic carbocycles. The van der Waals surface area contributed by atoms with E-state index >= 15 is 0 Å². The third-order valence-corrected chi connectivity index (χ3v) is 3.45. The number of carbonyl (C=O) groups excluding carboxylic acids is 2. The van der Waals surface area contributed by atoms with Crippen LogP contribution in [0.1, 0.15) is 16.8 Å². The summed E-state index contributed by atoms with van der Waals surface area (Å²) in [4.78, 5) is 25.2. The molecule has 1 aliphatic rings. The molecule has 1 amide bonds. The Morgan fingerprint density at radius 1 is 1.58 bits per heavy atom. The Morgan fingerprint density at radius 2 is 2.32 bits per heavy atom. The minimum Gasteiger partial charge on any atom is -0.465 e. The van der Waals surface area contributed by atoms with Crippen molar-refractivity contribution in [2.24, 2.45) is 5.92 Å². The molecular weight excluding hydrogens is 270 g/mol. The van der Waals surface area contributed by atoms with Crippen LogP contribution in [-0.2, 0) is 9.53 Å². The Hall–Kier alpha value is -1.59. The maximum atomic E-state index is 11.9. The van der Waals surface area contributed by atoms with Crippen molar-refractivity contribution in [2.75, 3.05) is 25.2 Å². The van der Waals surface area contributed by atoms with Crippen molar-refractivity contribution in [3.8, 4) is 0 Å². The maximum Gasteiger partial charge on any atom is 0.341 e. The lowest BCUT2D eigenvalue weighted by Gasteiger charge is -2.20. The van der Waals surface area contributed by atoms with Gasteiger partial charge < -0.3 is 14.7 Å². The van der Waals surface area contributed by atoms with E-state index in [0.717, 1.165) is 0 Å². The molecule has 1 aromatic carbocycles. The first-order chi connectivity index (χ1) is 9.08. The molecule has 0 spiro atoms. The highest BCUT2D eigenvalue weighted by molar-refractivity contribution is 6.34. The highest BCUT2D eigenvalue weighted by Gasteiger charge is 2.33. The monoisotopic (exact) mass is 283 g/mol. The molecule has 1 aliphatic heterocycles. The van der Waals surface area contributed by atoms with Crippen molar-refractivity contribution < 1.29 is 19.4 Å². The highest BCUT2D eigenvalue weighted by Crippen LogP contribution is 2.32. The quantitative estimate of drug-likeness (QED) is 0.853. The number of aliphatic hydroxyl groups excluding tert-OH is 1. The third-order valence-electron chi connectivity index (χ3n) is 3.14. The van der Waals surface area contributed by atoms with Gasteiger partial charge in [-0.1, -0.05) is 17.7 Å². The van der Waals surface area contributed by atoms with Gasteiger partial charge in [0.05, 0.1) is 17.8 Å². The molecule has 6 heteroatoms. The van der Waals surface area contributed by atoms with E-state index in [0.29, 0.717) is 12.2 Å². The van der Waals surface area contributed by atoms with Gasteiger partial charge in [-0.2, -0.15) is 0 Å².